The van der Waals surface area contributed by atoms with E-state index in [1.54, 1.807) is 30.3 Å². The molecule has 2 atom stereocenters. The molecule has 0 fully saturated rings. The Morgan fingerprint density at radius 1 is 1.02 bits per heavy atom. The summed E-state index contributed by atoms with van der Waals surface area (Å²) in [6.45, 7) is 3.78. The second kappa shape index (κ2) is 11.8. The van der Waals surface area contributed by atoms with Crippen LogP contribution < -0.4 is 5.32 Å². The number of methoxy groups -OCH3 is 1. The number of benzene rings is 2. The summed E-state index contributed by atoms with van der Waals surface area (Å²) in [6, 6.07) is 13.5. The zero-order chi connectivity index (χ0) is 28.4. The van der Waals surface area contributed by atoms with Crippen LogP contribution in [0.5, 0.6) is 0 Å². The molecule has 10 heteroatoms. The Hall–Kier alpha value is -3.75. The van der Waals surface area contributed by atoms with Crippen LogP contribution in [0.2, 0.25) is 10.0 Å². The van der Waals surface area contributed by atoms with Gasteiger partial charge in [-0.15, -0.1) is 0 Å². The normalized spacial score (nSPS) is 20.9. The maximum Gasteiger partial charge on any atom is 0.330 e. The van der Waals surface area contributed by atoms with Crippen molar-refractivity contribution < 1.29 is 19.1 Å². The van der Waals surface area contributed by atoms with E-state index in [2.05, 4.69) is 5.32 Å². The predicted octanol–water partition coefficient (Wildman–Crippen LogP) is 6.52. The van der Waals surface area contributed by atoms with Gasteiger partial charge in [0.15, 0.2) is 0 Å². The number of nitrogens with zero attached hydrogens (tertiary/aromatic N) is 3. The van der Waals surface area contributed by atoms with Crippen molar-refractivity contribution in [3.63, 3.8) is 0 Å². The van der Waals surface area contributed by atoms with Crippen LogP contribution >= 0.6 is 23.2 Å². The number of allylic oxidation sites excluding steroid dienone is 2. The molecular formula is C30H30Cl2N4O4. The van der Waals surface area contributed by atoms with Crippen molar-refractivity contribution in [1.82, 2.24) is 15.1 Å². The number of aliphatic imine (C=N–C) groups is 1. The van der Waals surface area contributed by atoms with Crippen LogP contribution in [0.4, 0.5) is 4.79 Å². The smallest absolute Gasteiger partial charge is 0.330 e. The Kier molecular flexibility index (Phi) is 8.19. The fourth-order valence-corrected chi connectivity index (χ4v) is 5.29. The van der Waals surface area contributed by atoms with E-state index in [0.29, 0.717) is 34.5 Å². The molecule has 0 saturated carbocycles. The van der Waals surface area contributed by atoms with Gasteiger partial charge in [-0.05, 0) is 55.7 Å². The summed E-state index contributed by atoms with van der Waals surface area (Å²) in [4.78, 5) is 34.8. The van der Waals surface area contributed by atoms with Crippen molar-refractivity contribution in [3.8, 4) is 0 Å². The first-order valence-electron chi connectivity index (χ1n) is 13.0. The molecule has 0 aromatic heterocycles. The minimum atomic E-state index is -0.528. The number of amides is 3. The minimum absolute atomic E-state index is 0.111. The van der Waals surface area contributed by atoms with Crippen LogP contribution in [0.15, 0.2) is 89.1 Å². The van der Waals surface area contributed by atoms with Crippen LogP contribution in [-0.2, 0) is 14.3 Å². The SMILES string of the molecule is COC1=CC(OC(C)C)=C(C2=NC(c3ccc(Cl)cc3)C(c3ccc(Cl)cc3)N2C(=O)N2C=CNC(=O)C2)CC1. The fourth-order valence-electron chi connectivity index (χ4n) is 5.04. The average molecular weight is 582 g/mol. The van der Waals surface area contributed by atoms with E-state index in [1.165, 1.54) is 11.1 Å². The number of ether oxygens (including phenoxy) is 2. The lowest BCUT2D eigenvalue weighted by Gasteiger charge is -2.34. The Labute approximate surface area is 243 Å². The van der Waals surface area contributed by atoms with Gasteiger partial charge in [-0.25, -0.2) is 4.79 Å². The van der Waals surface area contributed by atoms with Gasteiger partial charge in [-0.3, -0.25) is 19.6 Å². The van der Waals surface area contributed by atoms with Crippen LogP contribution in [0.3, 0.4) is 0 Å². The number of hydrogen-bond donors (Lipinski definition) is 1. The number of carbonyl (C=O) groups is 2. The lowest BCUT2D eigenvalue weighted by Crippen LogP contribution is -2.49. The molecule has 2 aromatic carbocycles. The van der Waals surface area contributed by atoms with Gasteiger partial charge >= 0.3 is 6.03 Å². The molecule has 208 valence electrons. The molecule has 0 saturated heterocycles. The third-order valence-corrected chi connectivity index (χ3v) is 7.36. The van der Waals surface area contributed by atoms with Crippen molar-refractivity contribution in [2.45, 2.75) is 44.9 Å². The molecule has 2 heterocycles. The molecule has 2 aliphatic heterocycles. The molecule has 0 spiro atoms. The standard InChI is InChI=1S/C30H30Cl2N4O4/c1-18(2)40-25-16-23(39-3)12-13-24(25)29-34-27(19-4-8-21(31)9-5-19)28(20-6-10-22(32)11-7-20)36(29)30(38)35-15-14-33-26(37)17-35/h4-11,14-16,18,27-28H,12-13,17H2,1-3H3,(H,33,37). The van der Waals surface area contributed by atoms with E-state index < -0.39 is 12.1 Å². The lowest BCUT2D eigenvalue weighted by atomic mass is 9.93. The van der Waals surface area contributed by atoms with Crippen LogP contribution in [0.25, 0.3) is 0 Å². The number of amidine groups is 1. The highest BCUT2D eigenvalue weighted by Gasteiger charge is 2.45. The Balaban J connectivity index is 1.71. The number of carbonyl (C=O) groups excluding carboxylic acids is 2. The lowest BCUT2D eigenvalue weighted by molar-refractivity contribution is -0.120. The molecule has 1 aliphatic carbocycles. The number of nitrogens with one attached hydrogen (secondary N) is 1. The molecule has 2 unspecified atom stereocenters. The maximum atomic E-state index is 14.3. The van der Waals surface area contributed by atoms with Gasteiger partial charge in [0, 0.05) is 40.5 Å². The van der Waals surface area contributed by atoms with Crippen molar-refractivity contribution >= 4 is 41.0 Å². The molecule has 2 aromatic rings. The molecular weight excluding hydrogens is 551 g/mol. The molecule has 3 amide bonds. The van der Waals surface area contributed by atoms with E-state index in [1.807, 2.05) is 56.3 Å². The van der Waals surface area contributed by atoms with Gasteiger partial charge < -0.3 is 14.8 Å². The number of rotatable bonds is 6. The third kappa shape index (κ3) is 5.74. The summed E-state index contributed by atoms with van der Waals surface area (Å²) >= 11 is 12.5. The van der Waals surface area contributed by atoms with Crippen LogP contribution in [0, 0.1) is 0 Å². The van der Waals surface area contributed by atoms with Gasteiger partial charge in [-0.1, -0.05) is 47.5 Å². The largest absolute Gasteiger partial charge is 0.501 e. The first kappa shape index (κ1) is 27.8. The highest BCUT2D eigenvalue weighted by Crippen LogP contribution is 2.46. The van der Waals surface area contributed by atoms with Crippen molar-refractivity contribution in [1.29, 1.82) is 0 Å². The molecule has 8 nitrogen and oxygen atoms in total. The summed E-state index contributed by atoms with van der Waals surface area (Å²) < 4.78 is 11.8. The topological polar surface area (TPSA) is 83.5 Å². The minimum Gasteiger partial charge on any atom is -0.501 e. The fraction of sp³-hybridized carbons (Fsp3) is 0.300. The summed E-state index contributed by atoms with van der Waals surface area (Å²) in [6.07, 6.45) is 5.97. The zero-order valence-electron chi connectivity index (χ0n) is 22.4. The molecule has 0 bridgehead atoms. The average Bonchev–Trinajstić information content (AvgIpc) is 3.33. The van der Waals surface area contributed by atoms with E-state index in [-0.39, 0.29) is 24.6 Å². The van der Waals surface area contributed by atoms with Gasteiger partial charge in [0.2, 0.25) is 5.91 Å². The summed E-state index contributed by atoms with van der Waals surface area (Å²) in [7, 11) is 1.63. The van der Waals surface area contributed by atoms with Crippen LogP contribution in [0.1, 0.15) is 49.9 Å². The number of halogens is 2. The van der Waals surface area contributed by atoms with Crippen molar-refractivity contribution in [3.05, 3.63) is 105 Å². The van der Waals surface area contributed by atoms with E-state index in [9.17, 15) is 9.59 Å². The van der Waals surface area contributed by atoms with Gasteiger partial charge in [0.05, 0.1) is 25.0 Å². The van der Waals surface area contributed by atoms with E-state index in [0.717, 1.165) is 22.5 Å². The summed E-state index contributed by atoms with van der Waals surface area (Å²) in [5, 5.41) is 3.81. The summed E-state index contributed by atoms with van der Waals surface area (Å²) in [5.41, 5.74) is 2.53. The maximum absolute atomic E-state index is 14.3. The highest BCUT2D eigenvalue weighted by molar-refractivity contribution is 6.30. The Morgan fingerprint density at radius 2 is 1.68 bits per heavy atom. The van der Waals surface area contributed by atoms with E-state index in [4.69, 9.17) is 37.7 Å². The van der Waals surface area contributed by atoms with Gasteiger partial charge in [-0.2, -0.15) is 0 Å². The third-order valence-electron chi connectivity index (χ3n) is 6.86. The first-order chi connectivity index (χ1) is 19.2. The monoisotopic (exact) mass is 580 g/mol. The second-order valence-electron chi connectivity index (χ2n) is 9.93. The Morgan fingerprint density at radius 3 is 2.27 bits per heavy atom. The number of urea groups is 1. The highest BCUT2D eigenvalue weighted by atomic mass is 35.5. The second-order valence-corrected chi connectivity index (χ2v) is 10.8. The van der Waals surface area contributed by atoms with Crippen LogP contribution in [-0.4, -0.2) is 47.3 Å². The molecule has 5 rings (SSSR count). The number of hydrogen-bond acceptors (Lipinski definition) is 5. The first-order valence-corrected chi connectivity index (χ1v) is 13.8. The van der Waals surface area contributed by atoms with Crippen molar-refractivity contribution in [2.75, 3.05) is 13.7 Å². The molecule has 3 aliphatic rings. The molecule has 1 N–H and O–H groups in total. The predicted molar refractivity (Wildman–Crippen MR) is 155 cm³/mol. The van der Waals surface area contributed by atoms with Gasteiger partial charge in [0.1, 0.15) is 24.2 Å². The zero-order valence-corrected chi connectivity index (χ0v) is 23.9. The van der Waals surface area contributed by atoms with Gasteiger partial charge in [0.25, 0.3) is 0 Å². The molecule has 40 heavy (non-hydrogen) atoms. The van der Waals surface area contributed by atoms with E-state index >= 15 is 0 Å². The molecule has 0 radical (unpaired) electrons. The summed E-state index contributed by atoms with van der Waals surface area (Å²) in [5.74, 6) is 1.61. The Bertz CT molecular complexity index is 1410. The quantitative estimate of drug-likeness (QED) is 0.421. The van der Waals surface area contributed by atoms with Crippen molar-refractivity contribution in [2.24, 2.45) is 4.99 Å².